The van der Waals surface area contributed by atoms with Crippen LogP contribution in [0.2, 0.25) is 0 Å². The number of aromatic nitrogens is 2. The second kappa shape index (κ2) is 10.8. The van der Waals surface area contributed by atoms with E-state index in [-0.39, 0.29) is 20.6 Å². The standard InChI is InChI=1S/C42H40N4S2/c1-39(2)41(5,6)47-37(45-39)35-17-11-15-33(43-35)25-19-21-29-30-22-20-26(24-32(30)28-14-10-9-13-27(28)31(29)23-25)34-16-12-18-36(44-34)38-46-40(3,4)42(7,8)48-38/h9-24H,1-8H3. The molecule has 4 heterocycles. The Kier molecular flexibility index (Phi) is 7.01. The topological polar surface area (TPSA) is 50.5 Å². The van der Waals surface area contributed by atoms with Gasteiger partial charge >= 0.3 is 0 Å². The van der Waals surface area contributed by atoms with E-state index in [4.69, 9.17) is 20.0 Å². The third kappa shape index (κ3) is 4.99. The summed E-state index contributed by atoms with van der Waals surface area (Å²) >= 11 is 3.64. The fraction of sp³-hybridized carbons (Fsp3) is 0.286. The molecule has 0 N–H and O–H groups in total. The van der Waals surface area contributed by atoms with Gasteiger partial charge in [0.05, 0.1) is 33.9 Å². The Hall–Kier alpha value is -4.00. The van der Waals surface area contributed by atoms with Crippen molar-refractivity contribution in [1.82, 2.24) is 9.97 Å². The molecule has 0 atom stereocenters. The van der Waals surface area contributed by atoms with Gasteiger partial charge in [0, 0.05) is 20.6 Å². The smallest absolute Gasteiger partial charge is 0.117 e. The molecule has 2 aliphatic heterocycles. The molecule has 4 aromatic carbocycles. The number of rotatable bonds is 4. The molecule has 8 rings (SSSR count). The lowest BCUT2D eigenvalue weighted by molar-refractivity contribution is 0.426. The molecule has 6 aromatic rings. The van der Waals surface area contributed by atoms with Gasteiger partial charge in [-0.25, -0.2) is 9.97 Å². The number of thioether (sulfide) groups is 2. The molecule has 6 heteroatoms. The van der Waals surface area contributed by atoms with Crippen molar-refractivity contribution in [3.05, 3.63) is 108 Å². The summed E-state index contributed by atoms with van der Waals surface area (Å²) in [5, 5.41) is 9.42. The average Bonchev–Trinajstić information content (AvgIpc) is 3.43. The Bertz CT molecular complexity index is 2180. The van der Waals surface area contributed by atoms with Gasteiger partial charge in [0.15, 0.2) is 0 Å². The quantitative estimate of drug-likeness (QED) is 0.176. The Morgan fingerprint density at radius 2 is 0.771 bits per heavy atom. The van der Waals surface area contributed by atoms with Crippen molar-refractivity contribution in [3.63, 3.8) is 0 Å². The molecule has 2 aromatic heterocycles. The van der Waals surface area contributed by atoms with Gasteiger partial charge in [-0.15, -0.1) is 0 Å². The molecule has 0 spiro atoms. The fourth-order valence-electron chi connectivity index (χ4n) is 6.48. The number of aliphatic imine (C=N–C) groups is 2. The maximum absolute atomic E-state index is 5.13. The summed E-state index contributed by atoms with van der Waals surface area (Å²) in [5.74, 6) is 0. The highest BCUT2D eigenvalue weighted by Crippen LogP contribution is 2.47. The highest BCUT2D eigenvalue weighted by Gasteiger charge is 2.45. The molecule has 0 fully saturated rings. The van der Waals surface area contributed by atoms with Crippen molar-refractivity contribution in [3.8, 4) is 22.5 Å². The summed E-state index contributed by atoms with van der Waals surface area (Å²) in [5.41, 5.74) is 5.71. The van der Waals surface area contributed by atoms with Gasteiger partial charge in [0.2, 0.25) is 0 Å². The SMILES string of the molecule is CC1(C)N=C(c2cccc(-c3ccc4c5ccc(-c6cccc(C7=NC(C)(C)C(C)(C)S7)n6)cc5c5ccccc5c4c3)n2)SC1(C)C. The lowest BCUT2D eigenvalue weighted by Crippen LogP contribution is -2.36. The van der Waals surface area contributed by atoms with Gasteiger partial charge in [0.25, 0.3) is 0 Å². The first-order valence-corrected chi connectivity index (χ1v) is 18.3. The third-order valence-corrected chi connectivity index (χ3v) is 13.8. The van der Waals surface area contributed by atoms with E-state index in [0.717, 1.165) is 44.0 Å². The van der Waals surface area contributed by atoms with Crippen LogP contribution in [0.5, 0.6) is 0 Å². The van der Waals surface area contributed by atoms with E-state index in [2.05, 4.69) is 152 Å². The monoisotopic (exact) mass is 664 g/mol. The fourth-order valence-corrected chi connectivity index (χ4v) is 9.02. The summed E-state index contributed by atoms with van der Waals surface area (Å²) in [4.78, 5) is 20.4. The largest absolute Gasteiger partial charge is 0.269 e. The number of fused-ring (bicyclic) bond motifs is 6. The first kappa shape index (κ1) is 31.3. The van der Waals surface area contributed by atoms with Crippen LogP contribution < -0.4 is 0 Å². The summed E-state index contributed by atoms with van der Waals surface area (Å²) in [6.45, 7) is 17.9. The van der Waals surface area contributed by atoms with Crippen LogP contribution in [0.1, 0.15) is 66.8 Å². The highest BCUT2D eigenvalue weighted by molar-refractivity contribution is 8.16. The molecule has 0 aliphatic carbocycles. The van der Waals surface area contributed by atoms with Crippen LogP contribution in [0.3, 0.4) is 0 Å². The van der Waals surface area contributed by atoms with Gasteiger partial charge in [-0.2, -0.15) is 0 Å². The predicted molar refractivity (Wildman–Crippen MR) is 210 cm³/mol. The average molecular weight is 665 g/mol. The van der Waals surface area contributed by atoms with Crippen LogP contribution in [0.4, 0.5) is 0 Å². The van der Waals surface area contributed by atoms with Crippen molar-refractivity contribution < 1.29 is 0 Å². The molecule has 0 unspecified atom stereocenters. The lowest BCUT2D eigenvalue weighted by atomic mass is 9.91. The summed E-state index contributed by atoms with van der Waals surface area (Å²) in [6, 6.07) is 34.9. The van der Waals surface area contributed by atoms with Crippen molar-refractivity contribution >= 4 is 65.9 Å². The zero-order valence-corrected chi connectivity index (χ0v) is 30.5. The van der Waals surface area contributed by atoms with E-state index in [1.54, 1.807) is 0 Å². The Morgan fingerprint density at radius 1 is 0.396 bits per heavy atom. The Balaban J connectivity index is 1.22. The van der Waals surface area contributed by atoms with E-state index >= 15 is 0 Å². The zero-order valence-electron chi connectivity index (χ0n) is 28.8. The van der Waals surface area contributed by atoms with Crippen molar-refractivity contribution in [2.45, 2.75) is 76.0 Å². The van der Waals surface area contributed by atoms with E-state index in [9.17, 15) is 0 Å². The molecule has 48 heavy (non-hydrogen) atoms. The first-order valence-electron chi connectivity index (χ1n) is 16.6. The molecule has 0 amide bonds. The second-order valence-electron chi connectivity index (χ2n) is 15.1. The minimum absolute atomic E-state index is 0.0138. The summed E-state index contributed by atoms with van der Waals surface area (Å²) in [7, 11) is 0. The predicted octanol–water partition coefficient (Wildman–Crippen LogP) is 11.4. The van der Waals surface area contributed by atoms with E-state index in [0.29, 0.717) is 0 Å². The van der Waals surface area contributed by atoms with E-state index < -0.39 is 0 Å². The van der Waals surface area contributed by atoms with Crippen LogP contribution in [0.15, 0.2) is 107 Å². The van der Waals surface area contributed by atoms with Crippen LogP contribution >= 0.6 is 23.5 Å². The van der Waals surface area contributed by atoms with Crippen LogP contribution in [0, 0.1) is 0 Å². The molecular formula is C42H40N4S2. The molecule has 0 bridgehead atoms. The van der Waals surface area contributed by atoms with E-state index in [1.165, 1.54) is 32.3 Å². The molecule has 0 saturated carbocycles. The summed E-state index contributed by atoms with van der Waals surface area (Å²) < 4.78 is 0.0275. The van der Waals surface area contributed by atoms with Gasteiger partial charge in [0.1, 0.15) is 10.1 Å². The van der Waals surface area contributed by atoms with Gasteiger partial charge in [-0.1, -0.05) is 84.2 Å². The molecule has 2 aliphatic rings. The molecule has 240 valence electrons. The van der Waals surface area contributed by atoms with Gasteiger partial charge < -0.3 is 0 Å². The number of nitrogens with zero attached hydrogens (tertiary/aromatic N) is 4. The first-order chi connectivity index (χ1) is 22.7. The molecular weight excluding hydrogens is 625 g/mol. The maximum Gasteiger partial charge on any atom is 0.117 e. The van der Waals surface area contributed by atoms with Crippen molar-refractivity contribution in [2.75, 3.05) is 0 Å². The molecule has 4 nitrogen and oxygen atoms in total. The molecule has 0 saturated heterocycles. The minimum atomic E-state index is -0.148. The van der Waals surface area contributed by atoms with Crippen molar-refractivity contribution in [1.29, 1.82) is 0 Å². The maximum atomic E-state index is 5.13. The Morgan fingerprint density at radius 3 is 1.15 bits per heavy atom. The van der Waals surface area contributed by atoms with Crippen molar-refractivity contribution in [2.24, 2.45) is 9.98 Å². The highest BCUT2D eigenvalue weighted by atomic mass is 32.2. The number of hydrogen-bond acceptors (Lipinski definition) is 6. The summed E-state index contributed by atoms with van der Waals surface area (Å²) in [6.07, 6.45) is 0. The second-order valence-corrected chi connectivity index (χ2v) is 18.3. The van der Waals surface area contributed by atoms with Crippen LogP contribution in [-0.2, 0) is 0 Å². The lowest BCUT2D eigenvalue weighted by Gasteiger charge is -2.30. The Labute approximate surface area is 291 Å². The van der Waals surface area contributed by atoms with E-state index in [1.807, 2.05) is 23.5 Å². The normalized spacial score (nSPS) is 19.2. The third-order valence-electron chi connectivity index (χ3n) is 10.8. The zero-order chi connectivity index (χ0) is 33.6. The number of pyridine rings is 2. The van der Waals surface area contributed by atoms with Crippen LogP contribution in [-0.4, -0.2) is 40.6 Å². The number of hydrogen-bond donors (Lipinski definition) is 0. The van der Waals surface area contributed by atoms with Gasteiger partial charge in [-0.3, -0.25) is 9.98 Å². The molecule has 0 radical (unpaired) electrons. The van der Waals surface area contributed by atoms with Crippen LogP contribution in [0.25, 0.3) is 54.8 Å². The minimum Gasteiger partial charge on any atom is -0.269 e. The van der Waals surface area contributed by atoms with Gasteiger partial charge in [-0.05, 0) is 124 Å². The number of benzene rings is 4.